The molecule has 0 aliphatic rings. The Balaban J connectivity index is 2.21. The molecule has 2 N–H and O–H groups in total. The molecule has 0 fully saturated rings. The van der Waals surface area contributed by atoms with Crippen LogP contribution in [0.4, 0.5) is 13.6 Å². The second-order valence-corrected chi connectivity index (χ2v) is 5.21. The smallest absolute Gasteiger partial charge is 0.404 e. The van der Waals surface area contributed by atoms with Crippen LogP contribution in [0.15, 0.2) is 6.20 Å². The lowest BCUT2D eigenvalue weighted by atomic mass is 10.2. The summed E-state index contributed by atoms with van der Waals surface area (Å²) in [6.45, 7) is 0.895. The minimum Gasteiger partial charge on any atom is -0.465 e. The fraction of sp³-hybridized carbons (Fsp3) is 0.636. The first-order valence-corrected chi connectivity index (χ1v) is 7.06. The highest BCUT2D eigenvalue weighted by molar-refractivity contribution is 14.1. The summed E-state index contributed by atoms with van der Waals surface area (Å²) in [6, 6.07) is 0. The van der Waals surface area contributed by atoms with E-state index in [1.54, 1.807) is 0 Å². The number of carbonyl (C=O) groups is 1. The molecule has 0 saturated carbocycles. The van der Waals surface area contributed by atoms with Crippen molar-refractivity contribution in [3.8, 4) is 0 Å². The Bertz CT molecular complexity index is 413. The predicted molar refractivity (Wildman–Crippen MR) is 74.4 cm³/mol. The molecular weight excluding hydrogens is 371 g/mol. The van der Waals surface area contributed by atoms with Crippen molar-refractivity contribution >= 4 is 28.7 Å². The van der Waals surface area contributed by atoms with E-state index < -0.39 is 12.5 Å². The molecular formula is C11H16F2IN3O2. The third-order valence-electron chi connectivity index (χ3n) is 2.61. The van der Waals surface area contributed by atoms with Crippen LogP contribution < -0.4 is 5.32 Å². The fourth-order valence-electron chi connectivity index (χ4n) is 1.70. The van der Waals surface area contributed by atoms with Gasteiger partial charge in [-0.15, -0.1) is 0 Å². The van der Waals surface area contributed by atoms with Crippen LogP contribution in [-0.2, 0) is 6.54 Å². The van der Waals surface area contributed by atoms with Gasteiger partial charge in [-0.25, -0.2) is 13.6 Å². The van der Waals surface area contributed by atoms with Crippen molar-refractivity contribution in [3.63, 3.8) is 0 Å². The summed E-state index contributed by atoms with van der Waals surface area (Å²) >= 11 is 1.85. The van der Waals surface area contributed by atoms with Crippen molar-refractivity contribution in [1.82, 2.24) is 15.1 Å². The van der Waals surface area contributed by atoms with E-state index in [0.29, 0.717) is 16.7 Å². The van der Waals surface area contributed by atoms with E-state index in [1.807, 2.05) is 22.6 Å². The van der Waals surface area contributed by atoms with Crippen LogP contribution in [0.1, 0.15) is 37.8 Å². The number of nitrogens with zero attached hydrogens (tertiary/aromatic N) is 2. The van der Waals surface area contributed by atoms with E-state index in [9.17, 15) is 13.6 Å². The largest absolute Gasteiger partial charge is 0.465 e. The van der Waals surface area contributed by atoms with Gasteiger partial charge in [-0.05, 0) is 35.4 Å². The molecule has 0 saturated heterocycles. The lowest BCUT2D eigenvalue weighted by molar-refractivity contribution is 0.137. The molecule has 0 aliphatic carbocycles. The van der Waals surface area contributed by atoms with Gasteiger partial charge in [-0.3, -0.25) is 4.68 Å². The Morgan fingerprint density at radius 1 is 1.42 bits per heavy atom. The van der Waals surface area contributed by atoms with E-state index in [2.05, 4.69) is 10.4 Å². The number of rotatable bonds is 8. The maximum atomic E-state index is 12.7. The van der Waals surface area contributed by atoms with Crippen LogP contribution in [0.25, 0.3) is 0 Å². The van der Waals surface area contributed by atoms with Crippen molar-refractivity contribution in [2.24, 2.45) is 0 Å². The minimum atomic E-state index is -2.51. The Kier molecular flexibility index (Phi) is 7.03. The predicted octanol–water partition coefficient (Wildman–Crippen LogP) is 3.25. The average molecular weight is 387 g/mol. The SMILES string of the molecule is O=C(O)NCCCCCCn1ncc(I)c1C(F)F. The molecule has 0 aliphatic heterocycles. The molecule has 0 radical (unpaired) electrons. The highest BCUT2D eigenvalue weighted by Crippen LogP contribution is 2.24. The van der Waals surface area contributed by atoms with Crippen molar-refractivity contribution < 1.29 is 18.7 Å². The summed E-state index contributed by atoms with van der Waals surface area (Å²) in [4.78, 5) is 10.2. The van der Waals surface area contributed by atoms with Crippen LogP contribution in [0.5, 0.6) is 0 Å². The Morgan fingerprint density at radius 3 is 2.74 bits per heavy atom. The van der Waals surface area contributed by atoms with Gasteiger partial charge in [0.05, 0.1) is 9.77 Å². The molecule has 1 aromatic rings. The molecule has 5 nitrogen and oxygen atoms in total. The maximum absolute atomic E-state index is 12.7. The second kappa shape index (κ2) is 8.28. The Morgan fingerprint density at radius 2 is 2.11 bits per heavy atom. The number of alkyl halides is 2. The van der Waals surface area contributed by atoms with Gasteiger partial charge < -0.3 is 10.4 Å². The first-order valence-electron chi connectivity index (χ1n) is 5.98. The summed E-state index contributed by atoms with van der Waals surface area (Å²) in [6.07, 6.45) is 1.15. The Hall–Kier alpha value is -0.930. The molecule has 0 atom stereocenters. The first kappa shape index (κ1) is 16.1. The number of unbranched alkanes of at least 4 members (excludes halogenated alkanes) is 3. The topological polar surface area (TPSA) is 67.2 Å². The molecule has 1 heterocycles. The summed E-state index contributed by atoms with van der Waals surface area (Å²) in [5.41, 5.74) is -0.0202. The third-order valence-corrected chi connectivity index (χ3v) is 3.44. The van der Waals surface area contributed by atoms with Crippen LogP contribution in [0.2, 0.25) is 0 Å². The quantitative estimate of drug-likeness (QED) is 0.532. The number of aryl methyl sites for hydroxylation is 1. The molecule has 8 heteroatoms. The van der Waals surface area contributed by atoms with E-state index in [0.717, 1.165) is 25.7 Å². The van der Waals surface area contributed by atoms with Crippen LogP contribution in [0.3, 0.4) is 0 Å². The molecule has 1 amide bonds. The van der Waals surface area contributed by atoms with Gasteiger partial charge in [0.25, 0.3) is 6.43 Å². The lowest BCUT2D eigenvalue weighted by Gasteiger charge is -2.07. The Labute approximate surface area is 123 Å². The minimum absolute atomic E-state index is 0.0202. The van der Waals surface area contributed by atoms with Crippen molar-refractivity contribution in [2.75, 3.05) is 6.54 Å². The number of carboxylic acid groups (broad SMARTS) is 1. The highest BCUT2D eigenvalue weighted by Gasteiger charge is 2.17. The molecule has 19 heavy (non-hydrogen) atoms. The van der Waals surface area contributed by atoms with Gasteiger partial charge in [0.1, 0.15) is 5.69 Å². The average Bonchev–Trinajstić information content (AvgIpc) is 2.69. The normalized spacial score (nSPS) is 10.9. The lowest BCUT2D eigenvalue weighted by Crippen LogP contribution is -2.21. The summed E-state index contributed by atoms with van der Waals surface area (Å²) in [5, 5.41) is 14.6. The zero-order chi connectivity index (χ0) is 14.3. The molecule has 108 valence electrons. The number of hydrogen-bond donors (Lipinski definition) is 2. The number of aromatic nitrogens is 2. The summed E-state index contributed by atoms with van der Waals surface area (Å²) in [7, 11) is 0. The molecule has 1 aromatic heterocycles. The monoisotopic (exact) mass is 387 g/mol. The zero-order valence-corrected chi connectivity index (χ0v) is 12.4. The molecule has 1 rings (SSSR count). The zero-order valence-electron chi connectivity index (χ0n) is 10.3. The first-order chi connectivity index (χ1) is 9.02. The highest BCUT2D eigenvalue weighted by atomic mass is 127. The van der Waals surface area contributed by atoms with Crippen LogP contribution in [-0.4, -0.2) is 27.5 Å². The standard InChI is InChI=1S/C11H16F2IN3O2/c12-10(13)9-8(14)7-16-17(9)6-4-2-1-3-5-15-11(18)19/h7,10,15H,1-6H2,(H,18,19). The van der Waals surface area contributed by atoms with E-state index in [4.69, 9.17) is 5.11 Å². The number of hydrogen-bond acceptors (Lipinski definition) is 2. The number of halogens is 3. The van der Waals surface area contributed by atoms with Gasteiger partial charge in [0.15, 0.2) is 0 Å². The van der Waals surface area contributed by atoms with Crippen molar-refractivity contribution in [2.45, 2.75) is 38.7 Å². The van der Waals surface area contributed by atoms with E-state index in [-0.39, 0.29) is 5.69 Å². The van der Waals surface area contributed by atoms with Gasteiger partial charge in [-0.1, -0.05) is 12.8 Å². The maximum Gasteiger partial charge on any atom is 0.404 e. The van der Waals surface area contributed by atoms with E-state index >= 15 is 0 Å². The van der Waals surface area contributed by atoms with Crippen LogP contribution in [0, 0.1) is 3.57 Å². The number of nitrogens with one attached hydrogen (secondary N) is 1. The number of amides is 1. The summed E-state index contributed by atoms with van der Waals surface area (Å²) in [5.74, 6) is 0. The third kappa shape index (κ3) is 5.70. The molecule has 0 spiro atoms. The van der Waals surface area contributed by atoms with Crippen molar-refractivity contribution in [3.05, 3.63) is 15.5 Å². The van der Waals surface area contributed by atoms with Crippen molar-refractivity contribution in [1.29, 1.82) is 0 Å². The van der Waals surface area contributed by atoms with E-state index in [1.165, 1.54) is 10.9 Å². The van der Waals surface area contributed by atoms with Crippen LogP contribution >= 0.6 is 22.6 Å². The summed E-state index contributed by atoms with van der Waals surface area (Å²) < 4.78 is 27.3. The fourth-order valence-corrected chi connectivity index (χ4v) is 2.34. The molecule has 0 aromatic carbocycles. The van der Waals surface area contributed by atoms with Gasteiger partial charge in [-0.2, -0.15) is 5.10 Å². The molecule has 0 bridgehead atoms. The van der Waals surface area contributed by atoms with Gasteiger partial charge >= 0.3 is 6.09 Å². The van der Waals surface area contributed by atoms with Gasteiger partial charge in [0, 0.05) is 13.1 Å². The second-order valence-electron chi connectivity index (χ2n) is 4.05. The molecule has 0 unspecified atom stereocenters. The van der Waals surface area contributed by atoms with Gasteiger partial charge in [0.2, 0.25) is 0 Å².